The van der Waals surface area contributed by atoms with Crippen LogP contribution in [0.15, 0.2) is 48.5 Å². The summed E-state index contributed by atoms with van der Waals surface area (Å²) in [5.74, 6) is -0.389. The van der Waals surface area contributed by atoms with E-state index >= 15 is 0 Å². The molecule has 186 valence electrons. The van der Waals surface area contributed by atoms with Gasteiger partial charge in [-0.15, -0.1) is 0 Å². The van der Waals surface area contributed by atoms with Gasteiger partial charge < -0.3 is 10.2 Å². The van der Waals surface area contributed by atoms with Gasteiger partial charge in [-0.05, 0) is 49.9 Å². The molecule has 7 nitrogen and oxygen atoms in total. The molecule has 0 aromatic heterocycles. The van der Waals surface area contributed by atoms with Gasteiger partial charge >= 0.3 is 0 Å². The second-order valence-electron chi connectivity index (χ2n) is 8.15. The normalized spacial score (nSPS) is 12.1. The Hall–Kier alpha value is -2.58. The molecule has 2 aromatic carbocycles. The van der Waals surface area contributed by atoms with Gasteiger partial charge in [0.1, 0.15) is 6.04 Å². The third-order valence-electron chi connectivity index (χ3n) is 5.59. The molecule has 0 fully saturated rings. The SMILES string of the molecule is CCNC(=O)[C@H](CC)N(Cc1ccccc1)C(=O)CCCN(c1cccc(Cl)c1C)S(C)(=O)=O. The Labute approximate surface area is 208 Å². The largest absolute Gasteiger partial charge is 0.355 e. The molecule has 0 unspecified atom stereocenters. The number of carbonyl (C=O) groups excluding carboxylic acids is 2. The predicted molar refractivity (Wildman–Crippen MR) is 137 cm³/mol. The molecule has 9 heteroatoms. The summed E-state index contributed by atoms with van der Waals surface area (Å²) in [7, 11) is -3.58. The Morgan fingerprint density at radius 3 is 2.32 bits per heavy atom. The maximum atomic E-state index is 13.3. The average Bonchev–Trinajstić information content (AvgIpc) is 2.79. The fraction of sp³-hybridized carbons (Fsp3) is 0.440. The van der Waals surface area contributed by atoms with Crippen LogP contribution in [0.5, 0.6) is 0 Å². The molecule has 1 atom stereocenters. The van der Waals surface area contributed by atoms with E-state index in [1.54, 1.807) is 30.0 Å². The van der Waals surface area contributed by atoms with E-state index in [0.717, 1.165) is 11.8 Å². The summed E-state index contributed by atoms with van der Waals surface area (Å²) in [6.07, 6.45) is 2.02. The van der Waals surface area contributed by atoms with Crippen molar-refractivity contribution in [3.8, 4) is 0 Å². The first-order valence-electron chi connectivity index (χ1n) is 11.4. The van der Waals surface area contributed by atoms with Gasteiger partial charge in [0.15, 0.2) is 0 Å². The lowest BCUT2D eigenvalue weighted by atomic mass is 10.1. The van der Waals surface area contributed by atoms with E-state index in [4.69, 9.17) is 11.6 Å². The summed E-state index contributed by atoms with van der Waals surface area (Å²) in [4.78, 5) is 27.6. The second kappa shape index (κ2) is 12.8. The molecule has 0 spiro atoms. The van der Waals surface area contributed by atoms with E-state index in [9.17, 15) is 18.0 Å². The first-order valence-corrected chi connectivity index (χ1v) is 13.7. The van der Waals surface area contributed by atoms with Crippen molar-refractivity contribution in [3.05, 3.63) is 64.7 Å². The number of carbonyl (C=O) groups is 2. The van der Waals surface area contributed by atoms with Crippen molar-refractivity contribution in [2.24, 2.45) is 0 Å². The Bertz CT molecular complexity index is 1080. The van der Waals surface area contributed by atoms with Crippen LogP contribution in [0.1, 0.15) is 44.2 Å². The highest BCUT2D eigenvalue weighted by molar-refractivity contribution is 7.92. The zero-order valence-electron chi connectivity index (χ0n) is 20.3. The molecule has 2 aromatic rings. The highest BCUT2D eigenvalue weighted by Crippen LogP contribution is 2.28. The first-order chi connectivity index (χ1) is 16.1. The highest BCUT2D eigenvalue weighted by Gasteiger charge is 2.28. The Morgan fingerprint density at radius 2 is 1.74 bits per heavy atom. The molecule has 34 heavy (non-hydrogen) atoms. The van der Waals surface area contributed by atoms with Gasteiger partial charge in [-0.1, -0.05) is 54.9 Å². The predicted octanol–water partition coefficient (Wildman–Crippen LogP) is 4.14. The number of anilines is 1. The molecule has 1 N–H and O–H groups in total. The zero-order valence-corrected chi connectivity index (χ0v) is 21.8. The molecule has 0 radical (unpaired) electrons. The van der Waals surface area contributed by atoms with Crippen molar-refractivity contribution in [2.75, 3.05) is 23.7 Å². The van der Waals surface area contributed by atoms with Crippen LogP contribution >= 0.6 is 11.6 Å². The van der Waals surface area contributed by atoms with E-state index in [-0.39, 0.29) is 24.8 Å². The van der Waals surface area contributed by atoms with Crippen LogP contribution in [-0.2, 0) is 26.2 Å². The maximum absolute atomic E-state index is 13.3. The van der Waals surface area contributed by atoms with Crippen LogP contribution in [0.4, 0.5) is 5.69 Å². The summed E-state index contributed by atoms with van der Waals surface area (Å²) >= 11 is 6.20. The topological polar surface area (TPSA) is 86.8 Å². The van der Waals surface area contributed by atoms with Gasteiger partial charge in [0.05, 0.1) is 11.9 Å². The number of nitrogens with one attached hydrogen (secondary N) is 1. The van der Waals surface area contributed by atoms with E-state index < -0.39 is 16.1 Å². The number of rotatable bonds is 12. The third kappa shape index (κ3) is 7.46. The van der Waals surface area contributed by atoms with Crippen LogP contribution in [0.25, 0.3) is 0 Å². The average molecular weight is 508 g/mol. The molecule has 0 aliphatic rings. The number of sulfonamides is 1. The van der Waals surface area contributed by atoms with E-state index in [0.29, 0.717) is 42.2 Å². The number of hydrogen-bond acceptors (Lipinski definition) is 4. The summed E-state index contributed by atoms with van der Waals surface area (Å²) in [5.41, 5.74) is 2.08. The molecular weight excluding hydrogens is 474 g/mol. The number of likely N-dealkylation sites (N-methyl/N-ethyl adjacent to an activating group) is 1. The maximum Gasteiger partial charge on any atom is 0.242 e. The van der Waals surface area contributed by atoms with Gasteiger partial charge in [0.25, 0.3) is 0 Å². The summed E-state index contributed by atoms with van der Waals surface area (Å²) in [6.45, 7) is 6.39. The van der Waals surface area contributed by atoms with Crippen LogP contribution in [0, 0.1) is 6.92 Å². The number of nitrogens with zero attached hydrogens (tertiary/aromatic N) is 2. The lowest BCUT2D eigenvalue weighted by Crippen LogP contribution is -2.49. The molecule has 0 heterocycles. The fourth-order valence-corrected chi connectivity index (χ4v) is 5.03. The minimum Gasteiger partial charge on any atom is -0.355 e. The number of amides is 2. The molecule has 2 rings (SSSR count). The van der Waals surface area contributed by atoms with E-state index in [2.05, 4.69) is 5.32 Å². The van der Waals surface area contributed by atoms with Crippen molar-refractivity contribution in [1.29, 1.82) is 0 Å². The minimum absolute atomic E-state index is 0.106. The molecule has 2 amide bonds. The molecule has 0 saturated heterocycles. The third-order valence-corrected chi connectivity index (χ3v) is 7.18. The van der Waals surface area contributed by atoms with Crippen molar-refractivity contribution < 1.29 is 18.0 Å². The number of benzene rings is 2. The van der Waals surface area contributed by atoms with Crippen molar-refractivity contribution in [1.82, 2.24) is 10.2 Å². The van der Waals surface area contributed by atoms with Crippen molar-refractivity contribution in [3.63, 3.8) is 0 Å². The quantitative estimate of drug-likeness (QED) is 0.467. The van der Waals surface area contributed by atoms with E-state index in [1.165, 1.54) is 4.31 Å². The smallest absolute Gasteiger partial charge is 0.242 e. The van der Waals surface area contributed by atoms with Gasteiger partial charge in [0, 0.05) is 31.1 Å². The zero-order chi connectivity index (χ0) is 25.3. The summed E-state index contributed by atoms with van der Waals surface area (Å²) < 4.78 is 26.3. The highest BCUT2D eigenvalue weighted by atomic mass is 35.5. The Kier molecular flexibility index (Phi) is 10.4. The lowest BCUT2D eigenvalue weighted by molar-refractivity contribution is -0.141. The van der Waals surface area contributed by atoms with Gasteiger partial charge in [-0.2, -0.15) is 0 Å². The molecular formula is C25H34ClN3O4S. The van der Waals surface area contributed by atoms with Crippen LogP contribution in [0.2, 0.25) is 5.02 Å². The Morgan fingerprint density at radius 1 is 1.06 bits per heavy atom. The van der Waals surface area contributed by atoms with Crippen molar-refractivity contribution in [2.45, 2.75) is 52.6 Å². The fourth-order valence-electron chi connectivity index (χ4n) is 3.84. The molecule has 0 aliphatic carbocycles. The molecule has 0 saturated carbocycles. The van der Waals surface area contributed by atoms with Crippen LogP contribution in [-0.4, -0.2) is 50.5 Å². The van der Waals surface area contributed by atoms with Crippen LogP contribution < -0.4 is 9.62 Å². The monoisotopic (exact) mass is 507 g/mol. The first kappa shape index (κ1) is 27.7. The van der Waals surface area contributed by atoms with E-state index in [1.807, 2.05) is 44.2 Å². The second-order valence-corrected chi connectivity index (χ2v) is 10.5. The summed E-state index contributed by atoms with van der Waals surface area (Å²) in [5, 5.41) is 3.29. The Balaban J connectivity index is 2.21. The standard InChI is InChI=1S/C25H34ClN3O4S/c1-5-22(25(31)27-6-2)28(18-20-12-8-7-9-13-20)24(30)16-11-17-29(34(4,32)33)23-15-10-14-21(26)19(23)3/h7-10,12-15,22H,5-6,11,16-18H2,1-4H3,(H,27,31)/t22-/m0/s1. The molecule has 0 aliphatic heterocycles. The lowest BCUT2D eigenvalue weighted by Gasteiger charge is -2.31. The van der Waals surface area contributed by atoms with Gasteiger partial charge in [0.2, 0.25) is 21.8 Å². The number of halogens is 1. The molecule has 0 bridgehead atoms. The van der Waals surface area contributed by atoms with Gasteiger partial charge in [-0.25, -0.2) is 8.42 Å². The van der Waals surface area contributed by atoms with Crippen LogP contribution in [0.3, 0.4) is 0 Å². The summed E-state index contributed by atoms with van der Waals surface area (Å²) in [6, 6.07) is 14.0. The minimum atomic E-state index is -3.58. The number of hydrogen-bond donors (Lipinski definition) is 1. The van der Waals surface area contributed by atoms with Gasteiger partial charge in [-0.3, -0.25) is 13.9 Å². The van der Waals surface area contributed by atoms with Crippen molar-refractivity contribution >= 4 is 39.1 Å².